The highest BCUT2D eigenvalue weighted by molar-refractivity contribution is 5.38. The van der Waals surface area contributed by atoms with Crippen LogP contribution in [0.4, 0.5) is 5.69 Å². The Balaban J connectivity index is 2.07. The summed E-state index contributed by atoms with van der Waals surface area (Å²) < 4.78 is 5.87. The molecule has 2 rings (SSSR count). The van der Waals surface area contributed by atoms with Crippen molar-refractivity contribution in [3.63, 3.8) is 0 Å². The van der Waals surface area contributed by atoms with Crippen LogP contribution in [0.5, 0.6) is 5.75 Å². The molecule has 0 radical (unpaired) electrons. The third-order valence-corrected chi connectivity index (χ3v) is 3.46. The van der Waals surface area contributed by atoms with Crippen LogP contribution in [0, 0.1) is 16.0 Å². The molecule has 0 heterocycles. The number of ether oxygens (including phenoxy) is 1. The first kappa shape index (κ1) is 12.8. The van der Waals surface area contributed by atoms with Crippen molar-refractivity contribution in [1.29, 1.82) is 0 Å². The highest BCUT2D eigenvalue weighted by atomic mass is 16.6. The van der Waals surface area contributed by atoms with Gasteiger partial charge in [0.25, 0.3) is 5.69 Å². The van der Waals surface area contributed by atoms with Gasteiger partial charge in [0.15, 0.2) is 0 Å². The fourth-order valence-electron chi connectivity index (χ4n) is 2.44. The average molecular weight is 250 g/mol. The lowest BCUT2D eigenvalue weighted by Gasteiger charge is -2.30. The SMILES string of the molecule is NCC1CCCCC1Oc1cccc([N+](=O)[O-])c1. The van der Waals surface area contributed by atoms with E-state index in [-0.39, 0.29) is 11.8 Å². The van der Waals surface area contributed by atoms with Crippen molar-refractivity contribution in [3.05, 3.63) is 34.4 Å². The summed E-state index contributed by atoms with van der Waals surface area (Å²) >= 11 is 0. The van der Waals surface area contributed by atoms with E-state index in [4.69, 9.17) is 10.5 Å². The molecule has 1 fully saturated rings. The summed E-state index contributed by atoms with van der Waals surface area (Å²) in [4.78, 5) is 10.3. The lowest BCUT2D eigenvalue weighted by Crippen LogP contribution is -2.35. The molecule has 0 aliphatic heterocycles. The predicted molar refractivity (Wildman–Crippen MR) is 68.5 cm³/mol. The van der Waals surface area contributed by atoms with Gasteiger partial charge in [0.2, 0.25) is 0 Å². The minimum Gasteiger partial charge on any atom is -0.490 e. The van der Waals surface area contributed by atoms with Crippen molar-refractivity contribution in [2.24, 2.45) is 11.7 Å². The molecule has 5 heteroatoms. The Kier molecular flexibility index (Phi) is 4.15. The molecule has 1 aromatic carbocycles. The molecular weight excluding hydrogens is 232 g/mol. The van der Waals surface area contributed by atoms with Crippen molar-refractivity contribution in [1.82, 2.24) is 0 Å². The first-order valence-corrected chi connectivity index (χ1v) is 6.32. The van der Waals surface area contributed by atoms with Gasteiger partial charge in [-0.2, -0.15) is 0 Å². The van der Waals surface area contributed by atoms with Gasteiger partial charge < -0.3 is 10.5 Å². The standard InChI is InChI=1S/C13H18N2O3/c14-9-10-4-1-2-7-13(10)18-12-6-3-5-11(8-12)15(16)17/h3,5-6,8,10,13H,1-2,4,7,9,14H2. The van der Waals surface area contributed by atoms with Crippen molar-refractivity contribution in [2.75, 3.05) is 6.54 Å². The normalized spacial score (nSPS) is 23.6. The summed E-state index contributed by atoms with van der Waals surface area (Å²) in [6.07, 6.45) is 4.47. The summed E-state index contributed by atoms with van der Waals surface area (Å²) in [7, 11) is 0. The molecule has 0 aromatic heterocycles. The molecule has 0 spiro atoms. The van der Waals surface area contributed by atoms with Crippen LogP contribution in [0.1, 0.15) is 25.7 Å². The molecule has 1 aliphatic carbocycles. The first-order valence-electron chi connectivity index (χ1n) is 6.32. The zero-order valence-corrected chi connectivity index (χ0v) is 10.2. The molecule has 0 saturated heterocycles. The number of rotatable bonds is 4. The van der Waals surface area contributed by atoms with E-state index < -0.39 is 4.92 Å². The third-order valence-electron chi connectivity index (χ3n) is 3.46. The zero-order chi connectivity index (χ0) is 13.0. The Labute approximate surface area is 106 Å². The van der Waals surface area contributed by atoms with E-state index in [0.29, 0.717) is 18.2 Å². The first-order chi connectivity index (χ1) is 8.70. The molecule has 2 N–H and O–H groups in total. The smallest absolute Gasteiger partial charge is 0.273 e. The summed E-state index contributed by atoms with van der Waals surface area (Å²) in [5, 5.41) is 10.7. The fraction of sp³-hybridized carbons (Fsp3) is 0.538. The maximum absolute atomic E-state index is 10.7. The van der Waals surface area contributed by atoms with Crippen molar-refractivity contribution in [2.45, 2.75) is 31.8 Å². The largest absolute Gasteiger partial charge is 0.490 e. The molecule has 5 nitrogen and oxygen atoms in total. The van der Waals surface area contributed by atoms with E-state index in [1.54, 1.807) is 12.1 Å². The van der Waals surface area contributed by atoms with E-state index in [0.717, 1.165) is 19.3 Å². The van der Waals surface area contributed by atoms with E-state index in [1.807, 2.05) is 0 Å². The highest BCUT2D eigenvalue weighted by Gasteiger charge is 2.25. The second-order valence-corrected chi connectivity index (χ2v) is 4.69. The van der Waals surface area contributed by atoms with Crippen LogP contribution in [0.25, 0.3) is 0 Å². The second-order valence-electron chi connectivity index (χ2n) is 4.69. The van der Waals surface area contributed by atoms with Crippen LogP contribution >= 0.6 is 0 Å². The number of nitrogens with two attached hydrogens (primary N) is 1. The Morgan fingerprint density at radius 3 is 2.89 bits per heavy atom. The fourth-order valence-corrected chi connectivity index (χ4v) is 2.44. The van der Waals surface area contributed by atoms with Crippen LogP contribution in [-0.2, 0) is 0 Å². The number of nitro benzene ring substituents is 1. The van der Waals surface area contributed by atoms with E-state index >= 15 is 0 Å². The van der Waals surface area contributed by atoms with Crippen molar-refractivity contribution < 1.29 is 9.66 Å². The van der Waals surface area contributed by atoms with E-state index in [2.05, 4.69) is 0 Å². The van der Waals surface area contributed by atoms with Gasteiger partial charge in [-0.3, -0.25) is 10.1 Å². The Morgan fingerprint density at radius 1 is 1.39 bits per heavy atom. The monoisotopic (exact) mass is 250 g/mol. The van der Waals surface area contributed by atoms with Gasteiger partial charge in [0.1, 0.15) is 11.9 Å². The molecule has 18 heavy (non-hydrogen) atoms. The maximum Gasteiger partial charge on any atom is 0.273 e. The number of nitro groups is 1. The van der Waals surface area contributed by atoms with Crippen LogP contribution < -0.4 is 10.5 Å². The number of benzene rings is 1. The number of hydrogen-bond donors (Lipinski definition) is 1. The average Bonchev–Trinajstić information content (AvgIpc) is 2.39. The third kappa shape index (κ3) is 2.98. The van der Waals surface area contributed by atoms with Gasteiger partial charge in [-0.05, 0) is 31.9 Å². The molecule has 2 unspecified atom stereocenters. The number of non-ortho nitro benzene ring substituents is 1. The van der Waals surface area contributed by atoms with Crippen LogP contribution in [-0.4, -0.2) is 17.6 Å². The van der Waals surface area contributed by atoms with Crippen LogP contribution in [0.15, 0.2) is 24.3 Å². The zero-order valence-electron chi connectivity index (χ0n) is 10.2. The quantitative estimate of drug-likeness (QED) is 0.657. The summed E-state index contributed by atoms with van der Waals surface area (Å²) in [5.74, 6) is 0.924. The Morgan fingerprint density at radius 2 is 2.17 bits per heavy atom. The summed E-state index contributed by atoms with van der Waals surface area (Å²) in [6, 6.07) is 6.35. The van der Waals surface area contributed by atoms with Crippen LogP contribution in [0.3, 0.4) is 0 Å². The van der Waals surface area contributed by atoms with Gasteiger partial charge in [-0.15, -0.1) is 0 Å². The van der Waals surface area contributed by atoms with Gasteiger partial charge in [-0.1, -0.05) is 12.5 Å². The minimum absolute atomic E-state index is 0.0626. The second kappa shape index (κ2) is 5.82. The lowest BCUT2D eigenvalue weighted by atomic mass is 9.86. The topological polar surface area (TPSA) is 78.4 Å². The molecular formula is C13H18N2O3. The number of nitrogens with zero attached hydrogens (tertiary/aromatic N) is 1. The Hall–Kier alpha value is -1.62. The van der Waals surface area contributed by atoms with Gasteiger partial charge in [0.05, 0.1) is 11.0 Å². The molecule has 2 atom stereocenters. The van der Waals surface area contributed by atoms with Gasteiger partial charge >= 0.3 is 0 Å². The molecule has 1 aliphatic rings. The molecule has 1 aromatic rings. The lowest BCUT2D eigenvalue weighted by molar-refractivity contribution is -0.385. The molecule has 98 valence electrons. The van der Waals surface area contributed by atoms with E-state index in [1.165, 1.54) is 18.6 Å². The number of hydrogen-bond acceptors (Lipinski definition) is 4. The Bertz CT molecular complexity index is 422. The van der Waals surface area contributed by atoms with Crippen molar-refractivity contribution >= 4 is 5.69 Å². The molecule has 0 bridgehead atoms. The summed E-state index contributed by atoms with van der Waals surface area (Å²) in [6.45, 7) is 0.611. The molecule has 1 saturated carbocycles. The maximum atomic E-state index is 10.7. The van der Waals surface area contributed by atoms with Crippen molar-refractivity contribution in [3.8, 4) is 5.75 Å². The van der Waals surface area contributed by atoms with Gasteiger partial charge in [0, 0.05) is 12.0 Å². The minimum atomic E-state index is -0.409. The van der Waals surface area contributed by atoms with Gasteiger partial charge in [-0.25, -0.2) is 0 Å². The summed E-state index contributed by atoms with van der Waals surface area (Å²) in [5.41, 5.74) is 5.80. The van der Waals surface area contributed by atoms with Crippen LogP contribution in [0.2, 0.25) is 0 Å². The highest BCUT2D eigenvalue weighted by Crippen LogP contribution is 2.29. The van der Waals surface area contributed by atoms with E-state index in [9.17, 15) is 10.1 Å². The predicted octanol–water partition coefficient (Wildman–Crippen LogP) is 2.49. The molecule has 0 amide bonds.